The van der Waals surface area contributed by atoms with Gasteiger partial charge in [0, 0.05) is 39.9 Å². The average Bonchev–Trinajstić information content (AvgIpc) is 3.86. The summed E-state index contributed by atoms with van der Waals surface area (Å²) in [4.78, 5) is 74.1. The van der Waals surface area contributed by atoms with Crippen molar-refractivity contribution in [2.45, 2.75) is 46.0 Å². The van der Waals surface area contributed by atoms with Gasteiger partial charge in [-0.1, -0.05) is 47.5 Å². The molecular weight excluding hydrogens is 760 g/mol. The number of rotatable bonds is 7. The van der Waals surface area contributed by atoms with Crippen molar-refractivity contribution in [1.29, 1.82) is 0 Å². The predicted molar refractivity (Wildman–Crippen MR) is 219 cm³/mol. The van der Waals surface area contributed by atoms with Gasteiger partial charge in [0.1, 0.15) is 17.3 Å². The van der Waals surface area contributed by atoms with E-state index < -0.39 is 46.8 Å². The first-order chi connectivity index (χ1) is 27.3. The van der Waals surface area contributed by atoms with E-state index in [1.54, 1.807) is 78.5 Å². The van der Waals surface area contributed by atoms with Crippen LogP contribution in [0.5, 0.6) is 5.75 Å². The Kier molecular flexibility index (Phi) is 8.56. The Labute approximate surface area is 338 Å². The minimum atomic E-state index is -1.36. The maximum atomic E-state index is 15.2. The second-order valence-corrected chi connectivity index (χ2v) is 17.3. The number of aromatic nitrogens is 2. The lowest BCUT2D eigenvalue weighted by atomic mass is 9.51. The number of halogens is 1. The van der Waals surface area contributed by atoms with Crippen LogP contribution in [0.3, 0.4) is 0 Å². The molecule has 0 bridgehead atoms. The van der Waals surface area contributed by atoms with Crippen LogP contribution in [0.1, 0.15) is 59.7 Å². The average molecular weight is 799 g/mol. The van der Waals surface area contributed by atoms with Crippen LogP contribution in [0.2, 0.25) is 5.02 Å². The van der Waals surface area contributed by atoms with Crippen LogP contribution in [0.25, 0.3) is 20.7 Å². The number of fused-ring (bicyclic) bond motifs is 5. The molecule has 0 unspecified atom stereocenters. The molecule has 4 heterocycles. The third-order valence-electron chi connectivity index (χ3n) is 12.8. The van der Waals surface area contributed by atoms with Crippen LogP contribution in [0.15, 0.2) is 91.0 Å². The van der Waals surface area contributed by atoms with Gasteiger partial charge >= 0.3 is 0 Å². The standard InChI is InChI=1S/C45H39ClN4O6S/c1-6-8-25-9-7-10-30(39(25)52)38-28-16-17-29-37(43(55)49(41(29)53)27-14-11-24(12-15-27)23(3)51)32(28)20-33-42(54)50(44(56)45(33,38)4)36-21-34(47-48(36)5)40-22(2)31-19-26(46)13-18-35(31)57-40/h6-7,9-16,18-19,21,29,32-33,37-38,52H,1,8,17,20H2,2-5H3/t29-,32+,33-,37-,38+,45+/m0/s1. The van der Waals surface area contributed by atoms with Crippen molar-refractivity contribution in [2.75, 3.05) is 9.80 Å². The minimum absolute atomic E-state index is 0.00826. The van der Waals surface area contributed by atoms with E-state index in [0.29, 0.717) is 45.3 Å². The lowest BCUT2D eigenvalue weighted by molar-refractivity contribution is -0.131. The summed E-state index contributed by atoms with van der Waals surface area (Å²) in [5, 5.41) is 18.3. The number of Topliss-reactive ketones (excluding diaryl/α,β-unsaturated/α-hetero) is 1. The predicted octanol–water partition coefficient (Wildman–Crippen LogP) is 8.34. The molecule has 0 radical (unpaired) electrons. The Morgan fingerprint density at radius 3 is 2.49 bits per heavy atom. The molecule has 2 aromatic heterocycles. The molecule has 57 heavy (non-hydrogen) atoms. The van der Waals surface area contributed by atoms with E-state index in [0.717, 1.165) is 26.1 Å². The highest BCUT2D eigenvalue weighted by Gasteiger charge is 2.68. The van der Waals surface area contributed by atoms with Gasteiger partial charge in [-0.05, 0) is 105 Å². The van der Waals surface area contributed by atoms with E-state index in [1.165, 1.54) is 16.7 Å². The summed E-state index contributed by atoms with van der Waals surface area (Å²) in [6.07, 6.45) is 4.44. The smallest absolute Gasteiger partial charge is 0.242 e. The third kappa shape index (κ3) is 5.28. The number of para-hydroxylation sites is 1. The van der Waals surface area contributed by atoms with Gasteiger partial charge in [-0.25, -0.2) is 4.90 Å². The number of carbonyl (C=O) groups excluding carboxylic acids is 5. The second kappa shape index (κ2) is 13.2. The quantitative estimate of drug-likeness (QED) is 0.0996. The molecular formula is C45H39ClN4O6S. The van der Waals surface area contributed by atoms with Crippen molar-refractivity contribution >= 4 is 73.9 Å². The molecule has 288 valence electrons. The fourth-order valence-corrected chi connectivity index (χ4v) is 11.4. The molecule has 2 aliphatic carbocycles. The van der Waals surface area contributed by atoms with Crippen molar-refractivity contribution < 1.29 is 29.1 Å². The first kappa shape index (κ1) is 37.0. The van der Waals surface area contributed by atoms with Gasteiger partial charge in [-0.3, -0.25) is 33.6 Å². The van der Waals surface area contributed by atoms with Crippen LogP contribution < -0.4 is 9.80 Å². The van der Waals surface area contributed by atoms with Gasteiger partial charge in [0.05, 0.1) is 33.7 Å². The monoisotopic (exact) mass is 798 g/mol. The summed E-state index contributed by atoms with van der Waals surface area (Å²) >= 11 is 7.88. The molecule has 2 saturated heterocycles. The molecule has 1 saturated carbocycles. The van der Waals surface area contributed by atoms with Crippen LogP contribution in [-0.4, -0.2) is 44.3 Å². The number of allylic oxidation sites excluding steroid dienone is 3. The van der Waals surface area contributed by atoms with Gasteiger partial charge in [0.15, 0.2) is 5.78 Å². The van der Waals surface area contributed by atoms with Crippen molar-refractivity contribution in [3.63, 3.8) is 0 Å². The third-order valence-corrected chi connectivity index (χ3v) is 14.4. The Morgan fingerprint density at radius 2 is 1.77 bits per heavy atom. The fourth-order valence-electron chi connectivity index (χ4n) is 10.1. The van der Waals surface area contributed by atoms with Gasteiger partial charge < -0.3 is 5.11 Å². The number of ketones is 1. The molecule has 5 aromatic rings. The molecule has 2 aliphatic heterocycles. The molecule has 9 rings (SSSR count). The second-order valence-electron chi connectivity index (χ2n) is 15.8. The zero-order valence-corrected chi connectivity index (χ0v) is 33.4. The SMILES string of the molecule is C=CCc1cccc([C@H]2C3=CC[C@@H]4C(=O)N(c5ccc(C(C)=O)cc5)C(=O)[C@@H]4[C@@H]3C[C@H]3C(=O)N(c4cc(-c5sc6ccc(Cl)cc6c5C)nn4C)C(=O)[C@@]23C)c1O. The van der Waals surface area contributed by atoms with Crippen LogP contribution in [-0.2, 0) is 32.6 Å². The first-order valence-corrected chi connectivity index (χ1v) is 20.2. The van der Waals surface area contributed by atoms with Gasteiger partial charge in [0.2, 0.25) is 23.6 Å². The maximum Gasteiger partial charge on any atom is 0.242 e. The molecule has 12 heteroatoms. The van der Waals surface area contributed by atoms with Gasteiger partial charge in [-0.2, -0.15) is 5.10 Å². The number of amides is 4. The maximum absolute atomic E-state index is 15.2. The molecule has 4 amide bonds. The molecule has 4 aliphatic rings. The normalized spacial score (nSPS) is 25.5. The summed E-state index contributed by atoms with van der Waals surface area (Å²) in [6, 6.07) is 19.3. The van der Waals surface area contributed by atoms with E-state index in [2.05, 4.69) is 6.58 Å². The Morgan fingerprint density at radius 1 is 1.02 bits per heavy atom. The van der Waals surface area contributed by atoms with E-state index in [4.69, 9.17) is 16.7 Å². The molecule has 3 aromatic carbocycles. The van der Waals surface area contributed by atoms with E-state index in [1.807, 2.05) is 37.3 Å². The summed E-state index contributed by atoms with van der Waals surface area (Å²) in [5.41, 5.74) is 2.95. The number of thiophene rings is 1. The number of phenolic OH excluding ortho intramolecular Hbond substituents is 1. The number of carbonyl (C=O) groups is 5. The minimum Gasteiger partial charge on any atom is -0.507 e. The van der Waals surface area contributed by atoms with Crippen LogP contribution in [0, 0.1) is 36.0 Å². The number of imide groups is 2. The lowest BCUT2D eigenvalue weighted by Gasteiger charge is -2.49. The first-order valence-electron chi connectivity index (χ1n) is 19.0. The highest BCUT2D eigenvalue weighted by molar-refractivity contribution is 7.22. The van der Waals surface area contributed by atoms with Crippen molar-refractivity contribution in [2.24, 2.45) is 36.1 Å². The zero-order valence-electron chi connectivity index (χ0n) is 31.8. The number of benzene rings is 3. The number of aryl methyl sites for hydroxylation is 2. The molecule has 10 nitrogen and oxygen atoms in total. The number of aromatic hydroxyl groups is 1. The molecule has 3 fully saturated rings. The summed E-state index contributed by atoms with van der Waals surface area (Å²) in [5.74, 6) is -5.09. The van der Waals surface area contributed by atoms with Gasteiger partial charge in [-0.15, -0.1) is 17.9 Å². The number of anilines is 2. The largest absolute Gasteiger partial charge is 0.507 e. The van der Waals surface area contributed by atoms with E-state index in [9.17, 15) is 24.3 Å². The molecule has 6 atom stereocenters. The molecule has 0 spiro atoms. The summed E-state index contributed by atoms with van der Waals surface area (Å²) in [6.45, 7) is 9.10. The summed E-state index contributed by atoms with van der Waals surface area (Å²) < 4.78 is 2.59. The number of hydrogen-bond donors (Lipinski definition) is 1. The van der Waals surface area contributed by atoms with Crippen molar-refractivity contribution in [3.8, 4) is 16.3 Å². The zero-order chi connectivity index (χ0) is 40.2. The summed E-state index contributed by atoms with van der Waals surface area (Å²) in [7, 11) is 1.71. The lowest BCUT2D eigenvalue weighted by Crippen LogP contribution is -2.49. The Balaban J connectivity index is 1.16. The Bertz CT molecular complexity index is 2660. The van der Waals surface area contributed by atoms with Crippen molar-refractivity contribution in [3.05, 3.63) is 118 Å². The van der Waals surface area contributed by atoms with Crippen molar-refractivity contribution in [1.82, 2.24) is 9.78 Å². The van der Waals surface area contributed by atoms with E-state index in [-0.39, 0.29) is 36.2 Å². The fraction of sp³-hybridized carbons (Fsp3) is 0.289. The number of hydrogen-bond acceptors (Lipinski definition) is 8. The topological polar surface area (TPSA) is 130 Å². The van der Waals surface area contributed by atoms with Crippen LogP contribution >= 0.6 is 22.9 Å². The Hall–Kier alpha value is -5.65. The van der Waals surface area contributed by atoms with E-state index >= 15 is 4.79 Å². The highest BCUT2D eigenvalue weighted by Crippen LogP contribution is 2.64. The molecule has 1 N–H and O–H groups in total. The van der Waals surface area contributed by atoms with Crippen LogP contribution in [0.4, 0.5) is 11.5 Å². The number of phenols is 1. The van der Waals surface area contributed by atoms with Gasteiger partial charge in [0.25, 0.3) is 0 Å². The highest BCUT2D eigenvalue weighted by atomic mass is 35.5. The number of nitrogens with zero attached hydrogens (tertiary/aromatic N) is 4.